The number of allylic oxidation sites excluding steroid dienone is 1. The van der Waals surface area contributed by atoms with Crippen molar-refractivity contribution in [3.05, 3.63) is 54.1 Å². The summed E-state index contributed by atoms with van der Waals surface area (Å²) in [5.74, 6) is 0.887. The third-order valence-electron chi connectivity index (χ3n) is 6.12. The van der Waals surface area contributed by atoms with Crippen LogP contribution < -0.4 is 16.0 Å². The lowest BCUT2D eigenvalue weighted by atomic mass is 9.96. The first-order valence-electron chi connectivity index (χ1n) is 11.7. The van der Waals surface area contributed by atoms with E-state index in [0.717, 1.165) is 47.5 Å². The van der Waals surface area contributed by atoms with Crippen molar-refractivity contribution in [3.63, 3.8) is 0 Å². The molecule has 9 nitrogen and oxygen atoms in total. The van der Waals surface area contributed by atoms with E-state index in [2.05, 4.69) is 26.4 Å². The minimum Gasteiger partial charge on any atom is -0.404 e. The molecule has 3 N–H and O–H groups in total. The van der Waals surface area contributed by atoms with Crippen LogP contribution in [0.2, 0.25) is 0 Å². The van der Waals surface area contributed by atoms with E-state index in [1.54, 1.807) is 30.2 Å². The number of anilines is 1. The highest BCUT2D eigenvalue weighted by atomic mass is 16.2. The van der Waals surface area contributed by atoms with Gasteiger partial charge in [-0.25, -0.2) is 9.50 Å². The maximum absolute atomic E-state index is 12.5. The number of aromatic nitrogens is 3. The predicted molar refractivity (Wildman–Crippen MR) is 138 cm³/mol. The van der Waals surface area contributed by atoms with Crippen LogP contribution in [0.3, 0.4) is 0 Å². The van der Waals surface area contributed by atoms with Crippen molar-refractivity contribution in [2.75, 3.05) is 25.0 Å². The van der Waals surface area contributed by atoms with Gasteiger partial charge in [-0.1, -0.05) is 0 Å². The van der Waals surface area contributed by atoms with Crippen molar-refractivity contribution >= 4 is 29.0 Å². The van der Waals surface area contributed by atoms with Crippen LogP contribution in [-0.2, 0) is 4.79 Å². The fraction of sp³-hybridized carbons (Fsp3) is 0.346. The molecule has 1 unspecified atom stereocenters. The average Bonchev–Trinajstić information content (AvgIpc) is 3.29. The molecule has 4 heterocycles. The zero-order chi connectivity index (χ0) is 24.9. The molecule has 0 saturated carbocycles. The summed E-state index contributed by atoms with van der Waals surface area (Å²) in [5.41, 5.74) is 10.3. The van der Waals surface area contributed by atoms with Crippen molar-refractivity contribution in [2.24, 2.45) is 16.6 Å². The number of pyridine rings is 2. The second-order valence-electron chi connectivity index (χ2n) is 8.97. The van der Waals surface area contributed by atoms with Gasteiger partial charge in [0.2, 0.25) is 5.91 Å². The van der Waals surface area contributed by atoms with Gasteiger partial charge >= 0.3 is 0 Å². The van der Waals surface area contributed by atoms with E-state index >= 15 is 0 Å². The standard InChI is InChI=1S/C26H30N8O/c1-17(2)32-26(35)19-5-4-8-33(15-19)24-7-6-18(13-30-24)23-9-20(21(10-27)12-29-3)16-34-25(23)22(11-28)14-31-34/h6-7,9-10,12-14,16-17,19H,4-5,8,15,27H2,1-3H3,(H,32,35). The van der Waals surface area contributed by atoms with Gasteiger partial charge in [-0.2, -0.15) is 10.4 Å². The minimum absolute atomic E-state index is 0.0457. The summed E-state index contributed by atoms with van der Waals surface area (Å²) in [7, 11) is 1.69. The van der Waals surface area contributed by atoms with Crippen molar-refractivity contribution < 1.29 is 4.79 Å². The predicted octanol–water partition coefficient (Wildman–Crippen LogP) is 3.01. The monoisotopic (exact) mass is 470 g/mol. The Labute approximate surface area is 205 Å². The van der Waals surface area contributed by atoms with Gasteiger partial charge in [0.15, 0.2) is 0 Å². The Kier molecular flexibility index (Phi) is 7.11. The van der Waals surface area contributed by atoms with Crippen LogP contribution in [-0.4, -0.2) is 52.9 Å². The van der Waals surface area contributed by atoms with Crippen molar-refractivity contribution in [1.29, 1.82) is 5.26 Å². The molecule has 1 saturated heterocycles. The summed E-state index contributed by atoms with van der Waals surface area (Å²) in [6, 6.07) is 8.29. The number of nitrogens with one attached hydrogen (secondary N) is 1. The van der Waals surface area contributed by atoms with Crippen LogP contribution in [0.15, 0.2) is 48.0 Å². The lowest BCUT2D eigenvalue weighted by molar-refractivity contribution is -0.125. The zero-order valence-corrected chi connectivity index (χ0v) is 20.3. The summed E-state index contributed by atoms with van der Waals surface area (Å²) in [6.07, 6.45) is 10.2. The molecule has 180 valence electrons. The number of hydrogen-bond acceptors (Lipinski definition) is 7. The summed E-state index contributed by atoms with van der Waals surface area (Å²) in [4.78, 5) is 23.5. The number of carbonyl (C=O) groups is 1. The Morgan fingerprint density at radius 3 is 2.86 bits per heavy atom. The highest BCUT2D eigenvalue weighted by Gasteiger charge is 2.27. The molecule has 9 heteroatoms. The average molecular weight is 471 g/mol. The van der Waals surface area contributed by atoms with E-state index in [1.807, 2.05) is 38.2 Å². The van der Waals surface area contributed by atoms with Crippen molar-refractivity contribution in [1.82, 2.24) is 19.9 Å². The molecular weight excluding hydrogens is 440 g/mol. The van der Waals surface area contributed by atoms with Crippen LogP contribution in [0.5, 0.6) is 0 Å². The number of nitriles is 1. The number of nitrogens with two attached hydrogens (primary N) is 1. The molecule has 0 spiro atoms. The molecule has 1 atom stereocenters. The molecule has 0 radical (unpaired) electrons. The van der Waals surface area contributed by atoms with Crippen LogP contribution in [0.1, 0.15) is 37.8 Å². The maximum atomic E-state index is 12.5. The number of hydrogen-bond donors (Lipinski definition) is 2. The Morgan fingerprint density at radius 1 is 1.37 bits per heavy atom. The number of amides is 1. The Hall–Kier alpha value is -4.19. The Morgan fingerprint density at radius 2 is 2.20 bits per heavy atom. The van der Waals surface area contributed by atoms with Crippen molar-refractivity contribution in [2.45, 2.75) is 32.7 Å². The van der Waals surface area contributed by atoms with E-state index in [-0.39, 0.29) is 17.9 Å². The normalized spacial score (nSPS) is 16.7. The van der Waals surface area contributed by atoms with Crippen molar-refractivity contribution in [3.8, 4) is 17.2 Å². The fourth-order valence-corrected chi connectivity index (χ4v) is 4.47. The van der Waals surface area contributed by atoms with Gasteiger partial charge in [-0.3, -0.25) is 9.79 Å². The number of rotatable bonds is 6. The van der Waals surface area contributed by atoms with Gasteiger partial charge in [0, 0.05) is 73.3 Å². The Balaban J connectivity index is 1.68. The molecule has 3 aromatic rings. The summed E-state index contributed by atoms with van der Waals surface area (Å²) < 4.78 is 1.69. The molecular formula is C26H30N8O. The largest absolute Gasteiger partial charge is 0.404 e. The molecule has 0 aromatic carbocycles. The van der Waals surface area contributed by atoms with Gasteiger partial charge in [0.1, 0.15) is 11.9 Å². The summed E-state index contributed by atoms with van der Waals surface area (Å²) in [5, 5.41) is 17.0. The molecule has 1 amide bonds. The topological polar surface area (TPSA) is 125 Å². The van der Waals surface area contributed by atoms with E-state index in [1.165, 1.54) is 6.20 Å². The lowest BCUT2D eigenvalue weighted by Gasteiger charge is -2.33. The first-order chi connectivity index (χ1) is 16.9. The third-order valence-corrected chi connectivity index (χ3v) is 6.12. The van der Waals surface area contributed by atoms with Gasteiger partial charge in [-0.05, 0) is 44.9 Å². The second kappa shape index (κ2) is 10.4. The summed E-state index contributed by atoms with van der Waals surface area (Å²) in [6.45, 7) is 5.46. The van der Waals surface area contributed by atoms with Gasteiger partial charge in [0.25, 0.3) is 0 Å². The van der Waals surface area contributed by atoms with E-state index in [4.69, 9.17) is 10.7 Å². The first kappa shape index (κ1) is 24.0. The quantitative estimate of drug-likeness (QED) is 0.534. The number of aliphatic imine (C=N–C) groups is 1. The SMILES string of the molecule is CN=CC(=CN)c1cc(-c2ccc(N3CCCC(C(=O)NC(C)C)C3)nc2)c2c(C#N)cnn2c1. The van der Waals surface area contributed by atoms with Crippen LogP contribution in [0.25, 0.3) is 22.2 Å². The number of carbonyl (C=O) groups excluding carboxylic acids is 1. The molecule has 0 aliphatic carbocycles. The van der Waals surface area contributed by atoms with Gasteiger partial charge in [0.05, 0.1) is 23.2 Å². The Bertz CT molecular complexity index is 1310. The summed E-state index contributed by atoms with van der Waals surface area (Å²) >= 11 is 0. The number of nitrogens with zero attached hydrogens (tertiary/aromatic N) is 6. The zero-order valence-electron chi connectivity index (χ0n) is 20.3. The molecule has 35 heavy (non-hydrogen) atoms. The van der Waals surface area contributed by atoms with Crippen LogP contribution in [0, 0.1) is 17.2 Å². The van der Waals surface area contributed by atoms with E-state index in [9.17, 15) is 10.1 Å². The highest BCUT2D eigenvalue weighted by Crippen LogP contribution is 2.31. The molecule has 1 fully saturated rings. The molecule has 1 aliphatic heterocycles. The van der Waals surface area contributed by atoms with Crippen LogP contribution >= 0.6 is 0 Å². The molecule has 0 bridgehead atoms. The highest BCUT2D eigenvalue weighted by molar-refractivity contribution is 6.10. The molecule has 1 aliphatic rings. The smallest absolute Gasteiger partial charge is 0.225 e. The molecule has 4 rings (SSSR count). The van der Waals surface area contributed by atoms with Crippen LogP contribution in [0.4, 0.5) is 5.82 Å². The fourth-order valence-electron chi connectivity index (χ4n) is 4.47. The van der Waals surface area contributed by atoms with E-state index < -0.39 is 0 Å². The maximum Gasteiger partial charge on any atom is 0.225 e. The second-order valence-corrected chi connectivity index (χ2v) is 8.97. The van der Waals surface area contributed by atoms with E-state index in [0.29, 0.717) is 17.6 Å². The lowest BCUT2D eigenvalue weighted by Crippen LogP contribution is -2.45. The number of piperidine rings is 1. The first-order valence-corrected chi connectivity index (χ1v) is 11.7. The third kappa shape index (κ3) is 5.01. The minimum atomic E-state index is -0.0457. The van der Waals surface area contributed by atoms with Gasteiger partial charge in [-0.15, -0.1) is 0 Å². The van der Waals surface area contributed by atoms with Gasteiger partial charge < -0.3 is 16.0 Å². The molecule has 3 aromatic heterocycles. The number of fused-ring (bicyclic) bond motifs is 1.